The number of nitrogens with two attached hydrogens (primary N) is 1. The number of piperidine rings is 1. The Kier molecular flexibility index (Phi) is 6.23. The van der Waals surface area contributed by atoms with Crippen LogP contribution in [0.3, 0.4) is 0 Å². The van der Waals surface area contributed by atoms with Gasteiger partial charge >= 0.3 is 0 Å². The summed E-state index contributed by atoms with van der Waals surface area (Å²) < 4.78 is 14.0. The van der Waals surface area contributed by atoms with Crippen molar-refractivity contribution < 1.29 is 14.0 Å². The van der Waals surface area contributed by atoms with Crippen molar-refractivity contribution in [2.24, 2.45) is 11.7 Å². The number of rotatable bonds is 5. The minimum absolute atomic E-state index is 0.135. The number of nitrogens with one attached hydrogen (secondary N) is 1. The van der Waals surface area contributed by atoms with Gasteiger partial charge in [0.05, 0.1) is 11.5 Å². The average molecular weight is 434 g/mol. The third-order valence-electron chi connectivity index (χ3n) is 4.74. The van der Waals surface area contributed by atoms with Crippen LogP contribution in [0.4, 0.5) is 10.1 Å². The molecule has 2 amide bonds. The van der Waals surface area contributed by atoms with E-state index in [9.17, 15) is 14.0 Å². The predicted molar refractivity (Wildman–Crippen MR) is 106 cm³/mol. The number of nitrogens with zero attached hydrogens (tertiary/aromatic N) is 1. The molecule has 2 aromatic carbocycles. The first-order valence-electron chi connectivity index (χ1n) is 8.80. The number of primary amides is 1. The molecule has 3 N–H and O–H groups in total. The summed E-state index contributed by atoms with van der Waals surface area (Å²) in [6.07, 6.45) is 1.73. The Labute approximate surface area is 165 Å². The van der Waals surface area contributed by atoms with Gasteiger partial charge in [0.15, 0.2) is 0 Å². The molecule has 0 radical (unpaired) electrons. The van der Waals surface area contributed by atoms with Crippen LogP contribution >= 0.6 is 15.9 Å². The van der Waals surface area contributed by atoms with Crippen LogP contribution in [0.2, 0.25) is 0 Å². The molecule has 1 heterocycles. The second-order valence-corrected chi connectivity index (χ2v) is 7.57. The summed E-state index contributed by atoms with van der Waals surface area (Å²) in [6, 6.07) is 11.5. The van der Waals surface area contributed by atoms with Crippen molar-refractivity contribution >= 4 is 33.4 Å². The monoisotopic (exact) mass is 433 g/mol. The number of carbonyl (C=O) groups excluding carboxylic acids is 2. The van der Waals surface area contributed by atoms with Gasteiger partial charge < -0.3 is 11.1 Å². The van der Waals surface area contributed by atoms with E-state index >= 15 is 0 Å². The lowest BCUT2D eigenvalue weighted by atomic mass is 9.97. The summed E-state index contributed by atoms with van der Waals surface area (Å²) in [5, 5.41) is 2.86. The lowest BCUT2D eigenvalue weighted by Crippen LogP contribution is -2.40. The van der Waals surface area contributed by atoms with Gasteiger partial charge in [0.2, 0.25) is 5.91 Å². The Balaban J connectivity index is 1.75. The summed E-state index contributed by atoms with van der Waals surface area (Å²) >= 11 is 3.28. The summed E-state index contributed by atoms with van der Waals surface area (Å²) in [5.74, 6) is -1.26. The maximum absolute atomic E-state index is 13.5. The molecule has 0 saturated carbocycles. The molecule has 0 spiro atoms. The molecule has 0 aromatic heterocycles. The molecule has 0 bridgehead atoms. The topological polar surface area (TPSA) is 75.4 Å². The molecular weight excluding hydrogens is 413 g/mol. The summed E-state index contributed by atoms with van der Waals surface area (Å²) in [6.45, 7) is 2.10. The van der Waals surface area contributed by atoms with Crippen molar-refractivity contribution in [1.29, 1.82) is 0 Å². The van der Waals surface area contributed by atoms with E-state index in [1.165, 1.54) is 18.2 Å². The van der Waals surface area contributed by atoms with Crippen LogP contribution in [0.1, 0.15) is 28.8 Å². The zero-order valence-electron chi connectivity index (χ0n) is 14.8. The zero-order valence-corrected chi connectivity index (χ0v) is 16.3. The first-order valence-corrected chi connectivity index (χ1v) is 9.59. The normalized spacial score (nSPS) is 17.5. The number of likely N-dealkylation sites (tertiary alicyclic amines) is 1. The molecule has 1 aliphatic rings. The Morgan fingerprint density at radius 1 is 1.26 bits per heavy atom. The smallest absolute Gasteiger partial charge is 0.256 e. The largest absolute Gasteiger partial charge is 0.369 e. The van der Waals surface area contributed by atoms with E-state index in [1.807, 2.05) is 24.3 Å². The van der Waals surface area contributed by atoms with E-state index < -0.39 is 5.82 Å². The quantitative estimate of drug-likeness (QED) is 0.756. The standard InChI is InChI=1S/C20H21BrFN3O2/c21-17-8-7-15(22)10-16(17)20(27)24-18-6-2-1-4-13(18)11-25-9-3-5-14(12-25)19(23)26/h1-2,4,6-8,10,14H,3,5,9,11-12H2,(H2,23,26)(H,24,27). The summed E-state index contributed by atoms with van der Waals surface area (Å²) in [7, 11) is 0. The minimum atomic E-state index is -0.470. The fourth-order valence-electron chi connectivity index (χ4n) is 3.31. The molecule has 0 aliphatic carbocycles. The number of hydrogen-bond donors (Lipinski definition) is 2. The van der Waals surface area contributed by atoms with Crippen molar-refractivity contribution in [3.8, 4) is 0 Å². The van der Waals surface area contributed by atoms with Crippen LogP contribution in [0.25, 0.3) is 0 Å². The van der Waals surface area contributed by atoms with Crippen molar-refractivity contribution in [2.75, 3.05) is 18.4 Å². The first kappa shape index (κ1) is 19.5. The molecule has 3 rings (SSSR count). The molecule has 5 nitrogen and oxygen atoms in total. The van der Waals surface area contributed by atoms with Crippen molar-refractivity contribution in [3.05, 3.63) is 63.9 Å². The lowest BCUT2D eigenvalue weighted by molar-refractivity contribution is -0.123. The zero-order chi connectivity index (χ0) is 19.4. The molecule has 1 aliphatic heterocycles. The van der Waals surface area contributed by atoms with Crippen LogP contribution in [-0.4, -0.2) is 29.8 Å². The number of hydrogen-bond acceptors (Lipinski definition) is 3. The van der Waals surface area contributed by atoms with Gasteiger partial charge in [-0.3, -0.25) is 14.5 Å². The number of amides is 2. The Morgan fingerprint density at radius 2 is 2.04 bits per heavy atom. The van der Waals surface area contributed by atoms with Gasteiger partial charge in [0, 0.05) is 23.2 Å². The van der Waals surface area contributed by atoms with Gasteiger partial charge in [-0.1, -0.05) is 18.2 Å². The van der Waals surface area contributed by atoms with Crippen molar-refractivity contribution in [2.45, 2.75) is 19.4 Å². The Bertz CT molecular complexity index is 859. The molecule has 2 aromatic rings. The molecule has 1 fully saturated rings. The van der Waals surface area contributed by atoms with E-state index in [1.54, 1.807) is 0 Å². The highest BCUT2D eigenvalue weighted by Gasteiger charge is 2.24. The summed E-state index contributed by atoms with van der Waals surface area (Å²) in [5.41, 5.74) is 7.28. The van der Waals surface area contributed by atoms with Crippen LogP contribution in [0.5, 0.6) is 0 Å². The molecule has 27 heavy (non-hydrogen) atoms. The molecule has 142 valence electrons. The maximum Gasteiger partial charge on any atom is 0.256 e. The fraction of sp³-hybridized carbons (Fsp3) is 0.300. The number of halogens is 2. The van der Waals surface area contributed by atoms with E-state index in [0.717, 1.165) is 24.9 Å². The van der Waals surface area contributed by atoms with Crippen molar-refractivity contribution in [1.82, 2.24) is 4.90 Å². The van der Waals surface area contributed by atoms with Gasteiger partial charge in [-0.2, -0.15) is 0 Å². The van der Waals surface area contributed by atoms with E-state index in [0.29, 0.717) is 23.2 Å². The van der Waals surface area contributed by atoms with Crippen molar-refractivity contribution in [3.63, 3.8) is 0 Å². The second-order valence-electron chi connectivity index (χ2n) is 6.71. The highest BCUT2D eigenvalue weighted by Crippen LogP contribution is 2.24. The molecule has 1 saturated heterocycles. The van der Waals surface area contributed by atoms with E-state index in [-0.39, 0.29) is 23.3 Å². The lowest BCUT2D eigenvalue weighted by Gasteiger charge is -2.31. The number of para-hydroxylation sites is 1. The molecule has 1 atom stereocenters. The van der Waals surface area contributed by atoms with Crippen LogP contribution in [-0.2, 0) is 11.3 Å². The third kappa shape index (κ3) is 4.93. The van der Waals surface area contributed by atoms with E-state index in [4.69, 9.17) is 5.73 Å². The fourth-order valence-corrected chi connectivity index (χ4v) is 3.74. The molecule has 7 heteroatoms. The van der Waals surface area contributed by atoms with Gasteiger partial charge in [-0.15, -0.1) is 0 Å². The number of carbonyl (C=O) groups is 2. The minimum Gasteiger partial charge on any atom is -0.369 e. The van der Waals surface area contributed by atoms with Gasteiger partial charge in [-0.25, -0.2) is 4.39 Å². The Hall–Kier alpha value is -2.25. The highest BCUT2D eigenvalue weighted by molar-refractivity contribution is 9.10. The summed E-state index contributed by atoms with van der Waals surface area (Å²) in [4.78, 5) is 26.2. The second kappa shape index (κ2) is 8.63. The van der Waals surface area contributed by atoms with Gasteiger partial charge in [-0.05, 0) is 65.1 Å². The third-order valence-corrected chi connectivity index (χ3v) is 5.43. The molecular formula is C20H21BrFN3O2. The average Bonchev–Trinajstić information content (AvgIpc) is 2.65. The predicted octanol–water partition coefficient (Wildman–Crippen LogP) is 3.54. The Morgan fingerprint density at radius 3 is 2.81 bits per heavy atom. The first-order chi connectivity index (χ1) is 12.9. The van der Waals surface area contributed by atoms with Gasteiger partial charge in [0.25, 0.3) is 5.91 Å². The van der Waals surface area contributed by atoms with E-state index in [2.05, 4.69) is 26.1 Å². The van der Waals surface area contributed by atoms with Crippen LogP contribution in [0.15, 0.2) is 46.9 Å². The number of anilines is 1. The highest BCUT2D eigenvalue weighted by atomic mass is 79.9. The van der Waals surface area contributed by atoms with Crippen LogP contribution in [0, 0.1) is 11.7 Å². The number of benzene rings is 2. The SMILES string of the molecule is NC(=O)C1CCCN(Cc2ccccc2NC(=O)c2cc(F)ccc2Br)C1. The van der Waals surface area contributed by atoms with Gasteiger partial charge in [0.1, 0.15) is 5.82 Å². The van der Waals surface area contributed by atoms with Crippen LogP contribution < -0.4 is 11.1 Å². The maximum atomic E-state index is 13.5. The molecule has 1 unspecified atom stereocenters.